The lowest BCUT2D eigenvalue weighted by Gasteiger charge is -2.26. The Kier molecular flexibility index (Phi) is 8.43. The molecule has 10 heteroatoms. The largest absolute Gasteiger partial charge is 0.495 e. The smallest absolute Gasteiger partial charge is 0.246 e. The van der Waals surface area contributed by atoms with E-state index in [1.807, 2.05) is 6.92 Å². The maximum atomic E-state index is 13.1. The zero-order valence-corrected chi connectivity index (χ0v) is 19.5. The van der Waals surface area contributed by atoms with Gasteiger partial charge >= 0.3 is 0 Å². The van der Waals surface area contributed by atoms with Crippen LogP contribution in [0.5, 0.6) is 11.5 Å². The van der Waals surface area contributed by atoms with E-state index in [9.17, 15) is 18.0 Å². The molecule has 0 saturated carbocycles. The van der Waals surface area contributed by atoms with Crippen LogP contribution in [0.2, 0.25) is 0 Å². The Balaban J connectivity index is 1.64. The normalized spacial score (nSPS) is 14.5. The van der Waals surface area contributed by atoms with Gasteiger partial charge < -0.3 is 19.5 Å². The highest BCUT2D eigenvalue weighted by Gasteiger charge is 2.29. The van der Waals surface area contributed by atoms with Gasteiger partial charge in [-0.25, -0.2) is 8.42 Å². The van der Waals surface area contributed by atoms with Gasteiger partial charge in [-0.05, 0) is 49.4 Å². The molecule has 33 heavy (non-hydrogen) atoms. The van der Waals surface area contributed by atoms with E-state index in [-0.39, 0.29) is 42.4 Å². The van der Waals surface area contributed by atoms with Crippen LogP contribution in [-0.2, 0) is 19.6 Å². The van der Waals surface area contributed by atoms with Crippen molar-refractivity contribution < 1.29 is 32.2 Å². The van der Waals surface area contributed by atoms with Crippen molar-refractivity contribution >= 4 is 27.4 Å². The molecule has 1 amide bonds. The van der Waals surface area contributed by atoms with Crippen molar-refractivity contribution in [3.05, 3.63) is 48.0 Å². The molecule has 3 rings (SSSR count). The molecule has 1 saturated heterocycles. The second-order valence-corrected chi connectivity index (χ2v) is 9.22. The number of nitrogens with one attached hydrogen (secondary N) is 1. The summed E-state index contributed by atoms with van der Waals surface area (Å²) >= 11 is 0. The van der Waals surface area contributed by atoms with E-state index < -0.39 is 15.9 Å². The van der Waals surface area contributed by atoms with Gasteiger partial charge in [-0.2, -0.15) is 4.31 Å². The monoisotopic (exact) mass is 476 g/mol. The first-order valence-corrected chi connectivity index (χ1v) is 12.1. The third kappa shape index (κ3) is 6.31. The van der Waals surface area contributed by atoms with E-state index in [0.29, 0.717) is 36.8 Å². The molecule has 1 N–H and O–H groups in total. The Morgan fingerprint density at radius 2 is 1.76 bits per heavy atom. The van der Waals surface area contributed by atoms with Crippen LogP contribution in [0.3, 0.4) is 0 Å². The predicted molar refractivity (Wildman–Crippen MR) is 122 cm³/mol. The minimum absolute atomic E-state index is 0.0227. The van der Waals surface area contributed by atoms with Gasteiger partial charge in [-0.15, -0.1) is 0 Å². The molecule has 1 aliphatic rings. The first kappa shape index (κ1) is 24.7. The van der Waals surface area contributed by atoms with E-state index in [4.69, 9.17) is 14.2 Å². The zero-order valence-electron chi connectivity index (χ0n) is 18.7. The molecule has 0 aliphatic carbocycles. The van der Waals surface area contributed by atoms with E-state index in [2.05, 4.69) is 5.32 Å². The molecule has 1 heterocycles. The van der Waals surface area contributed by atoms with Crippen LogP contribution in [0.4, 0.5) is 5.69 Å². The average molecular weight is 477 g/mol. The first-order valence-electron chi connectivity index (χ1n) is 10.7. The van der Waals surface area contributed by atoms with Crippen molar-refractivity contribution in [3.63, 3.8) is 0 Å². The molecule has 0 aromatic heterocycles. The van der Waals surface area contributed by atoms with Gasteiger partial charge in [0.2, 0.25) is 15.9 Å². The number of Topliss-reactive ketones (excluding diaryl/α,β-unsaturated/α-hetero) is 1. The number of methoxy groups -OCH3 is 1. The molecule has 178 valence electrons. The van der Waals surface area contributed by atoms with Gasteiger partial charge in [0, 0.05) is 37.2 Å². The summed E-state index contributed by atoms with van der Waals surface area (Å²) in [5.41, 5.74) is 0.802. The summed E-state index contributed by atoms with van der Waals surface area (Å²) in [5.74, 6) is 0.298. The maximum Gasteiger partial charge on any atom is 0.246 e. The number of ether oxygens (including phenoxy) is 3. The number of morpholine rings is 1. The van der Waals surface area contributed by atoms with E-state index in [0.717, 1.165) is 0 Å². The number of rotatable bonds is 10. The van der Waals surface area contributed by atoms with Crippen LogP contribution < -0.4 is 14.8 Å². The fraction of sp³-hybridized carbons (Fsp3) is 0.391. The van der Waals surface area contributed by atoms with E-state index in [1.165, 1.54) is 23.5 Å². The molecular weight excluding hydrogens is 448 g/mol. The fourth-order valence-corrected chi connectivity index (χ4v) is 4.97. The molecule has 9 nitrogen and oxygen atoms in total. The van der Waals surface area contributed by atoms with Crippen molar-refractivity contribution in [1.82, 2.24) is 4.31 Å². The van der Waals surface area contributed by atoms with Gasteiger partial charge in [0.1, 0.15) is 16.4 Å². The molecular formula is C23H28N2O7S. The topological polar surface area (TPSA) is 111 Å². The Bertz CT molecular complexity index is 1080. The first-order chi connectivity index (χ1) is 15.8. The number of ketones is 1. The van der Waals surface area contributed by atoms with Gasteiger partial charge in [-0.1, -0.05) is 0 Å². The molecule has 0 atom stereocenters. The van der Waals surface area contributed by atoms with Crippen molar-refractivity contribution in [3.8, 4) is 11.5 Å². The highest BCUT2D eigenvalue weighted by molar-refractivity contribution is 7.89. The second-order valence-electron chi connectivity index (χ2n) is 7.31. The number of anilines is 1. The molecule has 2 aromatic rings. The SMILES string of the molecule is CCOc1ccc(C(=O)CCC(=O)Nc2ccc(OC)c(S(=O)(=O)N3CCOCC3)c2)cc1. The maximum absolute atomic E-state index is 13.1. The zero-order chi connectivity index (χ0) is 23.8. The third-order valence-corrected chi connectivity index (χ3v) is 7.02. The molecule has 0 unspecified atom stereocenters. The third-order valence-electron chi connectivity index (χ3n) is 5.10. The number of hydrogen-bond acceptors (Lipinski definition) is 7. The quantitative estimate of drug-likeness (QED) is 0.525. The highest BCUT2D eigenvalue weighted by Crippen LogP contribution is 2.30. The van der Waals surface area contributed by atoms with E-state index >= 15 is 0 Å². The lowest BCUT2D eigenvalue weighted by Crippen LogP contribution is -2.40. The Labute approximate surface area is 193 Å². The number of nitrogens with zero attached hydrogens (tertiary/aromatic N) is 1. The summed E-state index contributed by atoms with van der Waals surface area (Å²) in [7, 11) is -2.43. The van der Waals surface area contributed by atoms with Crippen LogP contribution in [0.25, 0.3) is 0 Å². The average Bonchev–Trinajstić information content (AvgIpc) is 2.83. The van der Waals surface area contributed by atoms with Gasteiger partial charge in [0.05, 0.1) is 26.9 Å². The van der Waals surface area contributed by atoms with E-state index in [1.54, 1.807) is 30.3 Å². The minimum atomic E-state index is -3.82. The van der Waals surface area contributed by atoms with Crippen LogP contribution in [0.1, 0.15) is 30.1 Å². The number of sulfonamides is 1. The van der Waals surface area contributed by atoms with Crippen molar-refractivity contribution in [2.75, 3.05) is 45.3 Å². The van der Waals surface area contributed by atoms with Crippen LogP contribution in [0.15, 0.2) is 47.4 Å². The van der Waals surface area contributed by atoms with Gasteiger partial charge in [0.15, 0.2) is 5.78 Å². The second kappa shape index (κ2) is 11.3. The van der Waals surface area contributed by atoms with Crippen molar-refractivity contribution in [1.29, 1.82) is 0 Å². The number of benzene rings is 2. The Morgan fingerprint density at radius 1 is 1.06 bits per heavy atom. The number of carbonyl (C=O) groups excluding carboxylic acids is 2. The minimum Gasteiger partial charge on any atom is -0.495 e. The van der Waals surface area contributed by atoms with Crippen LogP contribution in [-0.4, -0.2) is 64.4 Å². The summed E-state index contributed by atoms with van der Waals surface area (Å²) in [6.45, 7) is 3.54. The summed E-state index contributed by atoms with van der Waals surface area (Å²) < 4.78 is 43.3. The number of carbonyl (C=O) groups is 2. The molecule has 2 aromatic carbocycles. The highest BCUT2D eigenvalue weighted by atomic mass is 32.2. The van der Waals surface area contributed by atoms with Crippen LogP contribution in [0, 0.1) is 0 Å². The molecule has 1 fully saturated rings. The summed E-state index contributed by atoms with van der Waals surface area (Å²) in [4.78, 5) is 24.8. The molecule has 0 spiro atoms. The number of amides is 1. The van der Waals surface area contributed by atoms with Crippen molar-refractivity contribution in [2.24, 2.45) is 0 Å². The predicted octanol–water partition coefficient (Wildman–Crippen LogP) is 2.72. The Morgan fingerprint density at radius 3 is 2.39 bits per heavy atom. The summed E-state index contributed by atoms with van der Waals surface area (Å²) in [6, 6.07) is 11.2. The van der Waals surface area contributed by atoms with Crippen LogP contribution >= 0.6 is 0 Å². The lowest BCUT2D eigenvalue weighted by atomic mass is 10.1. The fourth-order valence-electron chi connectivity index (χ4n) is 3.38. The lowest BCUT2D eigenvalue weighted by molar-refractivity contribution is -0.116. The Hall–Kier alpha value is -2.95. The molecule has 0 bridgehead atoms. The van der Waals surface area contributed by atoms with Gasteiger partial charge in [-0.3, -0.25) is 9.59 Å². The molecule has 0 radical (unpaired) electrons. The summed E-state index contributed by atoms with van der Waals surface area (Å²) in [5, 5.41) is 2.67. The van der Waals surface area contributed by atoms with Gasteiger partial charge in [0.25, 0.3) is 0 Å². The summed E-state index contributed by atoms with van der Waals surface area (Å²) in [6.07, 6.45) is -0.0154. The van der Waals surface area contributed by atoms with Crippen molar-refractivity contribution in [2.45, 2.75) is 24.7 Å². The number of hydrogen-bond donors (Lipinski definition) is 1. The molecule has 1 aliphatic heterocycles. The standard InChI is InChI=1S/C23H28N2O7S/c1-3-32-19-7-4-17(5-8-19)20(26)9-11-23(27)24-18-6-10-21(30-2)22(16-18)33(28,29)25-12-14-31-15-13-25/h4-8,10,16H,3,9,11-15H2,1-2H3,(H,24,27).